The van der Waals surface area contributed by atoms with Crippen LogP contribution in [0.5, 0.6) is 5.75 Å². The second-order valence-electron chi connectivity index (χ2n) is 9.53. The fourth-order valence-corrected chi connectivity index (χ4v) is 6.54. The van der Waals surface area contributed by atoms with Crippen LogP contribution in [0, 0.1) is 17.3 Å². The van der Waals surface area contributed by atoms with E-state index in [0.29, 0.717) is 17.8 Å². The van der Waals surface area contributed by atoms with Gasteiger partial charge in [0.2, 0.25) is 0 Å². The largest absolute Gasteiger partial charge is 0.494 e. The molecule has 29 heavy (non-hydrogen) atoms. The Hall–Kier alpha value is -2.07. The molecule has 1 heterocycles. The molecule has 1 N–H and O–H groups in total. The molecule has 0 amide bonds. The number of rotatable bonds is 3. The van der Waals surface area contributed by atoms with Crippen LogP contribution in [0.15, 0.2) is 36.2 Å². The van der Waals surface area contributed by atoms with Crippen molar-refractivity contribution in [1.29, 1.82) is 0 Å². The lowest BCUT2D eigenvalue weighted by Gasteiger charge is -2.49. The van der Waals surface area contributed by atoms with E-state index in [-0.39, 0.29) is 11.5 Å². The lowest BCUT2D eigenvalue weighted by Crippen LogP contribution is -2.44. The van der Waals surface area contributed by atoms with E-state index >= 15 is 0 Å². The van der Waals surface area contributed by atoms with E-state index < -0.39 is 0 Å². The zero-order valence-corrected chi connectivity index (χ0v) is 17.8. The standard InChI is InChI=1S/C25H32N2O2/c1-4-29-19-6-8-20-17(12-19)5-7-22-21(20)9-10-25(2)23(22)13-18(24(25)28)11-16-14-26-27(3)15-16/h6,8,11-12,14-15,21-24,28H,4-5,7,9-10,13H2,1-3H3. The quantitative estimate of drug-likeness (QED) is 0.821. The summed E-state index contributed by atoms with van der Waals surface area (Å²) in [5.41, 5.74) is 5.30. The summed E-state index contributed by atoms with van der Waals surface area (Å²) in [5.74, 6) is 2.84. The predicted molar refractivity (Wildman–Crippen MR) is 115 cm³/mol. The molecule has 1 aromatic carbocycles. The molecule has 0 aliphatic heterocycles. The number of fused-ring (bicyclic) bond motifs is 5. The van der Waals surface area contributed by atoms with E-state index in [1.807, 2.05) is 31.0 Å². The van der Waals surface area contributed by atoms with Crippen molar-refractivity contribution in [2.24, 2.45) is 24.3 Å². The summed E-state index contributed by atoms with van der Waals surface area (Å²) in [5, 5.41) is 15.6. The number of nitrogens with zero attached hydrogens (tertiary/aromatic N) is 2. The third-order valence-corrected chi connectivity index (χ3v) is 7.96. The maximum absolute atomic E-state index is 11.3. The van der Waals surface area contributed by atoms with Crippen LogP contribution >= 0.6 is 0 Å². The molecule has 1 aromatic heterocycles. The van der Waals surface area contributed by atoms with Gasteiger partial charge in [-0.2, -0.15) is 5.10 Å². The topological polar surface area (TPSA) is 47.3 Å². The number of benzene rings is 1. The normalized spacial score (nSPS) is 34.6. The molecule has 4 nitrogen and oxygen atoms in total. The second-order valence-corrected chi connectivity index (χ2v) is 9.53. The maximum atomic E-state index is 11.3. The van der Waals surface area contributed by atoms with Crippen molar-refractivity contribution in [2.45, 2.75) is 58.0 Å². The summed E-state index contributed by atoms with van der Waals surface area (Å²) in [6.45, 7) is 5.09. The average Bonchev–Trinajstić information content (AvgIpc) is 3.23. The Morgan fingerprint density at radius 1 is 1.34 bits per heavy atom. The van der Waals surface area contributed by atoms with Gasteiger partial charge in [0, 0.05) is 24.2 Å². The first-order valence-electron chi connectivity index (χ1n) is 11.1. The monoisotopic (exact) mass is 392 g/mol. The summed E-state index contributed by atoms with van der Waals surface area (Å²) < 4.78 is 7.56. The molecular weight excluding hydrogens is 360 g/mol. The zero-order valence-electron chi connectivity index (χ0n) is 17.8. The van der Waals surface area contributed by atoms with Gasteiger partial charge in [0.05, 0.1) is 18.9 Å². The van der Waals surface area contributed by atoms with Crippen LogP contribution in [0.4, 0.5) is 0 Å². The Balaban J connectivity index is 1.44. The van der Waals surface area contributed by atoms with Crippen molar-refractivity contribution in [1.82, 2.24) is 9.78 Å². The van der Waals surface area contributed by atoms with Gasteiger partial charge in [-0.1, -0.05) is 19.1 Å². The van der Waals surface area contributed by atoms with Crippen molar-refractivity contribution in [3.63, 3.8) is 0 Å². The number of hydrogen-bond donors (Lipinski definition) is 1. The van der Waals surface area contributed by atoms with Gasteiger partial charge in [0.1, 0.15) is 5.75 Å². The molecule has 5 atom stereocenters. The van der Waals surface area contributed by atoms with E-state index in [1.165, 1.54) is 29.5 Å². The van der Waals surface area contributed by atoms with Gasteiger partial charge in [-0.15, -0.1) is 0 Å². The summed E-state index contributed by atoms with van der Waals surface area (Å²) in [6, 6.07) is 6.73. The molecule has 0 saturated heterocycles. The molecule has 4 heteroatoms. The fraction of sp³-hybridized carbons (Fsp3) is 0.560. The summed E-state index contributed by atoms with van der Waals surface area (Å²) in [6.07, 6.45) is 11.4. The van der Waals surface area contributed by atoms with Crippen LogP contribution in [0.3, 0.4) is 0 Å². The smallest absolute Gasteiger partial charge is 0.119 e. The van der Waals surface area contributed by atoms with Crippen molar-refractivity contribution in [2.75, 3.05) is 6.61 Å². The number of aliphatic hydroxyl groups excluding tert-OH is 1. The number of hydrogen-bond acceptors (Lipinski definition) is 3. The Morgan fingerprint density at radius 3 is 2.97 bits per heavy atom. The van der Waals surface area contributed by atoms with Gasteiger partial charge in [-0.25, -0.2) is 0 Å². The minimum Gasteiger partial charge on any atom is -0.494 e. The SMILES string of the molecule is CCOc1ccc2c(c1)CCC1C2CCC2(C)C(O)C(=Cc3cnn(C)c3)CC12. The van der Waals surface area contributed by atoms with Crippen molar-refractivity contribution in [3.8, 4) is 5.75 Å². The molecule has 154 valence electrons. The summed E-state index contributed by atoms with van der Waals surface area (Å²) >= 11 is 0. The Kier molecular flexibility index (Phi) is 4.58. The first kappa shape index (κ1) is 18.9. The van der Waals surface area contributed by atoms with Crippen LogP contribution in [-0.4, -0.2) is 27.6 Å². The highest BCUT2D eigenvalue weighted by Crippen LogP contribution is 2.62. The van der Waals surface area contributed by atoms with Crippen LogP contribution in [-0.2, 0) is 13.5 Å². The highest BCUT2D eigenvalue weighted by Gasteiger charge is 2.56. The number of aliphatic hydroxyl groups is 1. The van der Waals surface area contributed by atoms with Gasteiger partial charge < -0.3 is 9.84 Å². The lowest BCUT2D eigenvalue weighted by molar-refractivity contribution is -0.0158. The van der Waals surface area contributed by atoms with Crippen molar-refractivity contribution in [3.05, 3.63) is 52.9 Å². The van der Waals surface area contributed by atoms with Crippen molar-refractivity contribution >= 4 is 6.08 Å². The molecule has 2 aromatic rings. The third kappa shape index (κ3) is 3.04. The highest BCUT2D eigenvalue weighted by atomic mass is 16.5. The van der Waals surface area contributed by atoms with Gasteiger partial charge in [0.25, 0.3) is 0 Å². The van der Waals surface area contributed by atoms with Gasteiger partial charge in [-0.05, 0) is 85.6 Å². The van der Waals surface area contributed by atoms with Gasteiger partial charge in [0.15, 0.2) is 0 Å². The number of ether oxygens (including phenoxy) is 1. The van der Waals surface area contributed by atoms with Crippen molar-refractivity contribution < 1.29 is 9.84 Å². The molecule has 0 spiro atoms. The van der Waals surface area contributed by atoms with Gasteiger partial charge in [-0.3, -0.25) is 4.68 Å². The minimum atomic E-state index is -0.338. The molecule has 3 aliphatic carbocycles. The third-order valence-electron chi connectivity index (χ3n) is 7.96. The Bertz CT molecular complexity index is 946. The Morgan fingerprint density at radius 2 is 2.21 bits per heavy atom. The van der Waals surface area contributed by atoms with Crippen LogP contribution in [0.25, 0.3) is 6.08 Å². The molecule has 2 fully saturated rings. The average molecular weight is 393 g/mol. The first-order valence-corrected chi connectivity index (χ1v) is 11.1. The Labute approximate surface area is 173 Å². The zero-order chi connectivity index (χ0) is 20.2. The molecule has 5 unspecified atom stereocenters. The summed E-state index contributed by atoms with van der Waals surface area (Å²) in [7, 11) is 1.94. The fourth-order valence-electron chi connectivity index (χ4n) is 6.54. The van der Waals surface area contributed by atoms with Crippen LogP contribution in [0.1, 0.15) is 62.1 Å². The highest BCUT2D eigenvalue weighted by molar-refractivity contribution is 5.54. The minimum absolute atomic E-state index is 0.00201. The molecule has 5 rings (SSSR count). The molecule has 0 radical (unpaired) electrons. The maximum Gasteiger partial charge on any atom is 0.119 e. The van der Waals surface area contributed by atoms with Crippen LogP contribution in [0.2, 0.25) is 0 Å². The van der Waals surface area contributed by atoms with E-state index in [1.54, 1.807) is 0 Å². The first-order chi connectivity index (χ1) is 14.0. The van der Waals surface area contributed by atoms with E-state index in [9.17, 15) is 5.11 Å². The lowest BCUT2D eigenvalue weighted by atomic mass is 9.55. The van der Waals surface area contributed by atoms with Crippen LogP contribution < -0.4 is 4.74 Å². The second kappa shape index (κ2) is 7.02. The summed E-state index contributed by atoms with van der Waals surface area (Å²) in [4.78, 5) is 0. The van der Waals surface area contributed by atoms with E-state index in [2.05, 4.69) is 36.3 Å². The predicted octanol–water partition coefficient (Wildman–Crippen LogP) is 4.73. The number of aryl methyl sites for hydroxylation is 2. The molecule has 3 aliphatic rings. The van der Waals surface area contributed by atoms with E-state index in [4.69, 9.17) is 4.74 Å². The molecule has 0 bridgehead atoms. The number of aromatic nitrogens is 2. The molecular formula is C25H32N2O2. The molecule has 2 saturated carbocycles. The van der Waals surface area contributed by atoms with E-state index in [0.717, 1.165) is 37.2 Å². The van der Waals surface area contributed by atoms with Gasteiger partial charge >= 0.3 is 0 Å².